The summed E-state index contributed by atoms with van der Waals surface area (Å²) < 4.78 is 0. The molecule has 6 heteroatoms. The van der Waals surface area contributed by atoms with Gasteiger partial charge in [0.05, 0.1) is 16.3 Å². The van der Waals surface area contributed by atoms with E-state index in [-0.39, 0.29) is 11.7 Å². The molecule has 0 aliphatic carbocycles. The number of hydrogen-bond donors (Lipinski definition) is 2. The van der Waals surface area contributed by atoms with Gasteiger partial charge in [0, 0.05) is 11.1 Å². The number of amides is 1. The molecule has 2 rings (SSSR count). The van der Waals surface area contributed by atoms with Gasteiger partial charge in [0.1, 0.15) is 5.75 Å². The fraction of sp³-hybridized carbons (Fsp3) is 0. The van der Waals surface area contributed by atoms with Gasteiger partial charge < -0.3 is 5.11 Å². The monoisotopic (exact) mass is 308 g/mol. The van der Waals surface area contributed by atoms with E-state index in [0.29, 0.717) is 21.2 Å². The average molecular weight is 309 g/mol. The maximum Gasteiger partial charge on any atom is 0.271 e. The van der Waals surface area contributed by atoms with Gasteiger partial charge in [-0.2, -0.15) is 5.10 Å². The Morgan fingerprint density at radius 3 is 2.55 bits per heavy atom. The summed E-state index contributed by atoms with van der Waals surface area (Å²) in [7, 11) is 0. The molecule has 0 unspecified atom stereocenters. The number of nitrogens with one attached hydrogen (secondary N) is 1. The highest BCUT2D eigenvalue weighted by atomic mass is 35.5. The Bertz CT molecular complexity index is 655. The first-order chi connectivity index (χ1) is 9.58. The van der Waals surface area contributed by atoms with Gasteiger partial charge in [-0.1, -0.05) is 35.3 Å². The predicted octanol–water partition coefficient (Wildman–Crippen LogP) is 3.46. The zero-order valence-corrected chi connectivity index (χ0v) is 11.7. The van der Waals surface area contributed by atoms with E-state index < -0.39 is 0 Å². The van der Waals surface area contributed by atoms with Gasteiger partial charge in [0.15, 0.2) is 0 Å². The van der Waals surface area contributed by atoms with Crippen LogP contribution in [0.4, 0.5) is 0 Å². The summed E-state index contributed by atoms with van der Waals surface area (Å²) in [6.45, 7) is 0. The highest BCUT2D eigenvalue weighted by Crippen LogP contribution is 2.24. The molecule has 2 aromatic rings. The quantitative estimate of drug-likeness (QED) is 0.674. The van der Waals surface area contributed by atoms with Crippen molar-refractivity contribution in [3.63, 3.8) is 0 Å². The number of hydrogen-bond acceptors (Lipinski definition) is 3. The zero-order chi connectivity index (χ0) is 14.5. The van der Waals surface area contributed by atoms with Crippen LogP contribution < -0.4 is 5.43 Å². The molecule has 0 saturated carbocycles. The number of rotatable bonds is 3. The highest BCUT2D eigenvalue weighted by molar-refractivity contribution is 6.43. The maximum absolute atomic E-state index is 11.7. The third-order valence-corrected chi connectivity index (χ3v) is 3.31. The van der Waals surface area contributed by atoms with Crippen LogP contribution in [-0.4, -0.2) is 17.2 Å². The fourth-order valence-electron chi connectivity index (χ4n) is 1.46. The van der Waals surface area contributed by atoms with E-state index in [2.05, 4.69) is 10.5 Å². The molecule has 0 aromatic heterocycles. The molecule has 2 aromatic carbocycles. The third kappa shape index (κ3) is 3.50. The molecule has 1 amide bonds. The lowest BCUT2D eigenvalue weighted by atomic mass is 10.2. The van der Waals surface area contributed by atoms with Gasteiger partial charge in [-0.25, -0.2) is 5.43 Å². The Labute approximate surface area is 125 Å². The normalized spacial score (nSPS) is 10.7. The van der Waals surface area contributed by atoms with Crippen LogP contribution in [-0.2, 0) is 0 Å². The first-order valence-electron chi connectivity index (χ1n) is 5.64. The van der Waals surface area contributed by atoms with E-state index in [1.165, 1.54) is 30.5 Å². The standard InChI is InChI=1S/C14H10Cl2N2O2/c15-12-3-1-2-10(13(12)16)8-17-18-14(20)9-4-6-11(19)7-5-9/h1-8,19H,(H,18,20). The number of carbonyl (C=O) groups is 1. The summed E-state index contributed by atoms with van der Waals surface area (Å²) in [6.07, 6.45) is 1.41. The van der Waals surface area contributed by atoms with Crippen molar-refractivity contribution in [1.82, 2.24) is 5.43 Å². The van der Waals surface area contributed by atoms with Gasteiger partial charge in [0.2, 0.25) is 0 Å². The van der Waals surface area contributed by atoms with E-state index in [0.717, 1.165) is 0 Å². The maximum atomic E-state index is 11.7. The van der Waals surface area contributed by atoms with Crippen molar-refractivity contribution in [3.8, 4) is 5.75 Å². The Morgan fingerprint density at radius 1 is 1.15 bits per heavy atom. The Hall–Kier alpha value is -2.04. The van der Waals surface area contributed by atoms with Crippen molar-refractivity contribution in [2.75, 3.05) is 0 Å². The summed E-state index contributed by atoms with van der Waals surface area (Å²) in [5.74, 6) is -0.296. The molecule has 102 valence electrons. The van der Waals surface area contributed by atoms with Crippen molar-refractivity contribution < 1.29 is 9.90 Å². The molecule has 4 nitrogen and oxygen atoms in total. The van der Waals surface area contributed by atoms with Crippen LogP contribution in [0, 0.1) is 0 Å². The molecule has 2 N–H and O–H groups in total. The number of phenolic OH excluding ortho intramolecular Hbond substituents is 1. The number of aromatic hydroxyl groups is 1. The number of hydrazone groups is 1. The number of phenols is 1. The number of carbonyl (C=O) groups excluding carboxylic acids is 1. The number of nitrogens with zero attached hydrogens (tertiary/aromatic N) is 1. The van der Waals surface area contributed by atoms with Gasteiger partial charge in [-0.15, -0.1) is 0 Å². The lowest BCUT2D eigenvalue weighted by molar-refractivity contribution is 0.0955. The molecule has 0 radical (unpaired) electrons. The molecule has 0 saturated heterocycles. The summed E-state index contributed by atoms with van der Waals surface area (Å²) in [5, 5.41) is 13.7. The molecule has 0 spiro atoms. The van der Waals surface area contributed by atoms with Gasteiger partial charge in [0.25, 0.3) is 5.91 Å². The van der Waals surface area contributed by atoms with Crippen molar-refractivity contribution in [2.45, 2.75) is 0 Å². The second-order valence-electron chi connectivity index (χ2n) is 3.89. The van der Waals surface area contributed by atoms with Crippen molar-refractivity contribution in [3.05, 3.63) is 63.6 Å². The molecule has 0 aliphatic heterocycles. The first kappa shape index (κ1) is 14.4. The number of benzene rings is 2. The Kier molecular flexibility index (Phi) is 4.61. The lowest BCUT2D eigenvalue weighted by Gasteiger charge is -2.01. The van der Waals surface area contributed by atoms with E-state index in [9.17, 15) is 4.79 Å². The second-order valence-corrected chi connectivity index (χ2v) is 4.67. The Morgan fingerprint density at radius 2 is 1.85 bits per heavy atom. The SMILES string of the molecule is O=C(NN=Cc1cccc(Cl)c1Cl)c1ccc(O)cc1. The van der Waals surface area contributed by atoms with Crippen LogP contribution >= 0.6 is 23.2 Å². The van der Waals surface area contributed by atoms with E-state index >= 15 is 0 Å². The smallest absolute Gasteiger partial charge is 0.271 e. The van der Waals surface area contributed by atoms with Gasteiger partial charge >= 0.3 is 0 Å². The zero-order valence-electron chi connectivity index (χ0n) is 10.2. The van der Waals surface area contributed by atoms with Crippen molar-refractivity contribution >= 4 is 35.3 Å². The average Bonchev–Trinajstić information content (AvgIpc) is 2.44. The van der Waals surface area contributed by atoms with Crippen LogP contribution in [0.25, 0.3) is 0 Å². The van der Waals surface area contributed by atoms with Crippen molar-refractivity contribution in [1.29, 1.82) is 0 Å². The minimum Gasteiger partial charge on any atom is -0.508 e. The molecule has 20 heavy (non-hydrogen) atoms. The van der Waals surface area contributed by atoms with Crippen molar-refractivity contribution in [2.24, 2.45) is 5.10 Å². The fourth-order valence-corrected chi connectivity index (χ4v) is 1.81. The lowest BCUT2D eigenvalue weighted by Crippen LogP contribution is -2.17. The molecular weight excluding hydrogens is 299 g/mol. The largest absolute Gasteiger partial charge is 0.508 e. The molecule has 0 bridgehead atoms. The molecule has 0 aliphatic rings. The van der Waals surface area contributed by atoms with Crippen LogP contribution in [0.15, 0.2) is 47.6 Å². The van der Waals surface area contributed by atoms with Crippen LogP contribution in [0.3, 0.4) is 0 Å². The van der Waals surface area contributed by atoms with Crippen LogP contribution in [0.2, 0.25) is 10.0 Å². The molecule has 0 heterocycles. The minimum atomic E-state index is -0.389. The van der Waals surface area contributed by atoms with Gasteiger partial charge in [-0.3, -0.25) is 4.79 Å². The highest BCUT2D eigenvalue weighted by Gasteiger charge is 2.04. The van der Waals surface area contributed by atoms with Gasteiger partial charge in [-0.05, 0) is 30.3 Å². The topological polar surface area (TPSA) is 61.7 Å². The number of halogens is 2. The summed E-state index contributed by atoms with van der Waals surface area (Å²) in [5.41, 5.74) is 3.35. The summed E-state index contributed by atoms with van der Waals surface area (Å²) in [6, 6.07) is 11.0. The minimum absolute atomic E-state index is 0.0933. The van der Waals surface area contributed by atoms with Crippen LogP contribution in [0.5, 0.6) is 5.75 Å². The van der Waals surface area contributed by atoms with E-state index in [1.807, 2.05) is 0 Å². The second kappa shape index (κ2) is 6.41. The predicted molar refractivity (Wildman–Crippen MR) is 79.6 cm³/mol. The first-order valence-corrected chi connectivity index (χ1v) is 6.40. The Balaban J connectivity index is 2.04. The van der Waals surface area contributed by atoms with E-state index in [1.54, 1.807) is 18.2 Å². The van der Waals surface area contributed by atoms with Crippen LogP contribution in [0.1, 0.15) is 15.9 Å². The third-order valence-electron chi connectivity index (χ3n) is 2.48. The molecule has 0 atom stereocenters. The van der Waals surface area contributed by atoms with E-state index in [4.69, 9.17) is 28.3 Å². The molecule has 0 fully saturated rings. The molecular formula is C14H10Cl2N2O2. The summed E-state index contributed by atoms with van der Waals surface area (Å²) in [4.78, 5) is 11.7. The summed E-state index contributed by atoms with van der Waals surface area (Å²) >= 11 is 11.8.